The lowest BCUT2D eigenvalue weighted by molar-refractivity contribution is 0.0125. The van der Waals surface area contributed by atoms with E-state index in [1.54, 1.807) is 32.6 Å². The first-order valence-corrected chi connectivity index (χ1v) is 18.3. The number of methoxy groups -OCH3 is 1. The summed E-state index contributed by atoms with van der Waals surface area (Å²) in [5, 5.41) is 14.8. The summed E-state index contributed by atoms with van der Waals surface area (Å²) in [6.07, 6.45) is 0.881. The van der Waals surface area contributed by atoms with Gasteiger partial charge in [-0.3, -0.25) is 9.59 Å². The Morgan fingerprint density at radius 2 is 1.71 bits per heavy atom. The molecule has 7 rings (SSSR count). The van der Waals surface area contributed by atoms with Crippen LogP contribution in [0, 0.1) is 11.6 Å². The number of ether oxygens (including phenoxy) is 3. The molecule has 0 spiro atoms. The van der Waals surface area contributed by atoms with E-state index in [9.17, 15) is 18.8 Å². The molecule has 2 atom stereocenters. The van der Waals surface area contributed by atoms with Gasteiger partial charge in [-0.25, -0.2) is 27.6 Å². The second-order valence-electron chi connectivity index (χ2n) is 14.5. The number of pyridine rings is 1. The van der Waals surface area contributed by atoms with E-state index < -0.39 is 47.0 Å². The molecule has 1 aliphatic rings. The van der Waals surface area contributed by atoms with Crippen LogP contribution in [0.3, 0.4) is 0 Å². The van der Waals surface area contributed by atoms with Crippen molar-refractivity contribution in [1.29, 1.82) is 0 Å². The van der Waals surface area contributed by atoms with Gasteiger partial charge in [0.15, 0.2) is 23.0 Å². The summed E-state index contributed by atoms with van der Waals surface area (Å²) < 4.78 is 64.3. The maximum atomic E-state index is 15.8. The van der Waals surface area contributed by atoms with E-state index in [1.807, 2.05) is 24.3 Å². The molecule has 300 valence electrons. The molecule has 3 aromatic carbocycles. The highest BCUT2D eigenvalue weighted by molar-refractivity contribution is 6.04. The Labute approximate surface area is 330 Å². The van der Waals surface area contributed by atoms with Gasteiger partial charge in [-0.2, -0.15) is 14.9 Å². The van der Waals surface area contributed by atoms with Crippen molar-refractivity contribution in [3.05, 3.63) is 124 Å². The molecule has 0 unspecified atom stereocenters. The fraction of sp³-hybridized carbons (Fsp3) is 0.268. The lowest BCUT2D eigenvalue weighted by Gasteiger charge is -2.36. The maximum Gasteiger partial charge on any atom is 0.410 e. The minimum Gasteiger partial charge on any atom is -0.497 e. The molecule has 0 aliphatic carbocycles. The zero-order chi connectivity index (χ0) is 41.1. The van der Waals surface area contributed by atoms with Crippen molar-refractivity contribution >= 4 is 34.5 Å². The van der Waals surface area contributed by atoms with Gasteiger partial charge in [-0.1, -0.05) is 12.1 Å². The number of carbonyl (C=O) groups excluding carboxylic acids is 2. The van der Waals surface area contributed by atoms with Gasteiger partial charge >= 0.3 is 6.09 Å². The van der Waals surface area contributed by atoms with Crippen LogP contribution in [0.25, 0.3) is 16.7 Å². The molecule has 17 heteroatoms. The normalized spacial score (nSPS) is 15.5. The molecular weight excluding hydrogens is 757 g/mol. The molecule has 1 fully saturated rings. The number of amides is 2. The van der Waals surface area contributed by atoms with Crippen LogP contribution in [0.1, 0.15) is 43.1 Å². The number of carbonyl (C=O) groups is 2. The van der Waals surface area contributed by atoms with E-state index in [-0.39, 0.29) is 60.3 Å². The summed E-state index contributed by atoms with van der Waals surface area (Å²) in [4.78, 5) is 44.8. The van der Waals surface area contributed by atoms with Crippen LogP contribution in [-0.4, -0.2) is 79.5 Å². The van der Waals surface area contributed by atoms with Crippen LogP contribution in [0.5, 0.6) is 17.2 Å². The first-order chi connectivity index (χ1) is 27.8. The summed E-state index contributed by atoms with van der Waals surface area (Å²) >= 11 is 0. The van der Waals surface area contributed by atoms with Crippen molar-refractivity contribution in [2.24, 2.45) is 0 Å². The molecule has 0 radical (unpaired) electrons. The van der Waals surface area contributed by atoms with Gasteiger partial charge in [-0.05, 0) is 87.4 Å². The third kappa shape index (κ3) is 8.72. The highest BCUT2D eigenvalue weighted by atomic mass is 19.1. The molecular formula is C41H39F3N8O6. The van der Waals surface area contributed by atoms with Crippen molar-refractivity contribution < 1.29 is 37.0 Å². The first kappa shape index (κ1) is 39.3. The van der Waals surface area contributed by atoms with E-state index in [4.69, 9.17) is 19.3 Å². The number of aromatic nitrogens is 5. The summed E-state index contributed by atoms with van der Waals surface area (Å²) in [6.45, 7) is 5.53. The number of nitrogens with zero attached hydrogens (tertiary/aromatic N) is 6. The maximum absolute atomic E-state index is 15.8. The topological polar surface area (TPSA) is 155 Å². The average Bonchev–Trinajstić information content (AvgIpc) is 3.53. The molecule has 0 bridgehead atoms. The number of anilines is 2. The molecule has 3 aromatic heterocycles. The third-order valence-corrected chi connectivity index (χ3v) is 9.17. The van der Waals surface area contributed by atoms with Crippen LogP contribution >= 0.6 is 0 Å². The van der Waals surface area contributed by atoms with Gasteiger partial charge in [0.1, 0.15) is 40.0 Å². The number of nitrogens with one attached hydrogen (secondary N) is 2. The minimum atomic E-state index is -1.48. The molecule has 1 aliphatic heterocycles. The third-order valence-electron chi connectivity index (χ3n) is 9.17. The van der Waals surface area contributed by atoms with Crippen molar-refractivity contribution in [3.63, 3.8) is 0 Å². The molecule has 6 aromatic rings. The van der Waals surface area contributed by atoms with E-state index in [2.05, 4.69) is 20.7 Å². The van der Waals surface area contributed by atoms with Gasteiger partial charge in [0.2, 0.25) is 0 Å². The lowest BCUT2D eigenvalue weighted by Crippen LogP contribution is -2.51. The predicted octanol–water partition coefficient (Wildman–Crippen LogP) is 7.12. The molecule has 0 saturated carbocycles. The first-order valence-electron chi connectivity index (χ1n) is 18.3. The van der Waals surface area contributed by atoms with Crippen LogP contribution in [0.15, 0.2) is 96.1 Å². The summed E-state index contributed by atoms with van der Waals surface area (Å²) in [7, 11) is 1.57. The number of hydrogen-bond acceptors (Lipinski definition) is 10. The number of rotatable bonds is 10. The molecule has 2 N–H and O–H groups in total. The highest BCUT2D eigenvalue weighted by Crippen LogP contribution is 2.37. The van der Waals surface area contributed by atoms with Crippen molar-refractivity contribution in [2.45, 2.75) is 51.6 Å². The second-order valence-corrected chi connectivity index (χ2v) is 14.5. The number of halogens is 3. The van der Waals surface area contributed by atoms with Crippen LogP contribution in [-0.2, 0) is 11.3 Å². The zero-order valence-electron chi connectivity index (χ0n) is 31.9. The van der Waals surface area contributed by atoms with E-state index in [1.165, 1.54) is 53.7 Å². The lowest BCUT2D eigenvalue weighted by atomic mass is 10.0. The Hall–Kier alpha value is -6.91. The molecule has 1 saturated heterocycles. The van der Waals surface area contributed by atoms with Crippen LogP contribution in [0.2, 0.25) is 0 Å². The van der Waals surface area contributed by atoms with Crippen molar-refractivity contribution in [2.75, 3.05) is 30.8 Å². The Balaban J connectivity index is 1.14. The predicted molar refractivity (Wildman–Crippen MR) is 209 cm³/mol. The quantitative estimate of drug-likeness (QED) is 0.147. The summed E-state index contributed by atoms with van der Waals surface area (Å²) in [5.41, 5.74) is -0.273. The molecule has 58 heavy (non-hydrogen) atoms. The van der Waals surface area contributed by atoms with Gasteiger partial charge in [0, 0.05) is 36.8 Å². The van der Waals surface area contributed by atoms with E-state index >= 15 is 8.78 Å². The highest BCUT2D eigenvalue weighted by Gasteiger charge is 2.35. The number of hydrogen-bond donors (Lipinski definition) is 2. The standard InChI is InChI=1S/C41H39F3N8O6/c1-41(2,3)58-40(55)50-20-17-32(31(44)23-50)48-36-35-34(16-18-45-37(35)51(49-36)22-24-5-12-28(56-4)13-6-24)57-33-14-9-26(21-30(33)43)47-38(53)29-15-19-46-52(39(29)54)27-10-7-25(42)8-11-27/h5-16,18-19,21,31-32H,17,20,22-23H2,1-4H3,(H,47,53)(H,48,49)/t31-,32-/m0/s1. The number of piperidine rings is 1. The fourth-order valence-corrected chi connectivity index (χ4v) is 6.34. The summed E-state index contributed by atoms with van der Waals surface area (Å²) in [6, 6.07) is 18.1. The van der Waals surface area contributed by atoms with Crippen molar-refractivity contribution in [1.82, 2.24) is 29.4 Å². The van der Waals surface area contributed by atoms with Crippen LogP contribution in [0.4, 0.5) is 29.5 Å². The number of fused-ring (bicyclic) bond motifs is 1. The fourth-order valence-electron chi connectivity index (χ4n) is 6.34. The molecule has 4 heterocycles. The smallest absolute Gasteiger partial charge is 0.410 e. The second kappa shape index (κ2) is 16.3. The van der Waals surface area contributed by atoms with Gasteiger partial charge in [-0.15, -0.1) is 0 Å². The van der Waals surface area contributed by atoms with Gasteiger partial charge in [0.05, 0.1) is 31.9 Å². The largest absolute Gasteiger partial charge is 0.497 e. The Bertz CT molecular complexity index is 2520. The Morgan fingerprint density at radius 3 is 2.40 bits per heavy atom. The Morgan fingerprint density at radius 1 is 0.948 bits per heavy atom. The average molecular weight is 797 g/mol. The zero-order valence-corrected chi connectivity index (χ0v) is 31.9. The van der Waals surface area contributed by atoms with E-state index in [0.717, 1.165) is 28.4 Å². The van der Waals surface area contributed by atoms with Gasteiger partial charge in [0.25, 0.3) is 11.5 Å². The number of alkyl halides is 1. The minimum absolute atomic E-state index is 0.0284. The number of benzene rings is 3. The molecule has 2 amide bonds. The number of likely N-dealkylation sites (tertiary alicyclic amines) is 1. The van der Waals surface area contributed by atoms with E-state index in [0.29, 0.717) is 16.8 Å². The van der Waals surface area contributed by atoms with Crippen molar-refractivity contribution in [3.8, 4) is 22.9 Å². The molecule has 14 nitrogen and oxygen atoms in total. The van der Waals surface area contributed by atoms with Crippen LogP contribution < -0.4 is 25.7 Å². The SMILES string of the molecule is COc1ccc(Cn2nc(N[C@H]3CCN(C(=O)OC(C)(C)C)C[C@@H]3F)c3c(Oc4ccc(NC(=O)c5ccnn(-c6ccc(F)cc6)c5=O)cc4F)ccnc32)cc1. The summed E-state index contributed by atoms with van der Waals surface area (Å²) in [5.74, 6) is -1.32. The van der Waals surface area contributed by atoms with Gasteiger partial charge < -0.3 is 29.7 Å². The Kier molecular flexibility index (Phi) is 11.0. The monoisotopic (exact) mass is 796 g/mol.